The van der Waals surface area contributed by atoms with E-state index in [9.17, 15) is 19.5 Å². The molecule has 5 rings (SSSR count). The molecule has 3 saturated heterocycles. The molecule has 3 aliphatic heterocycles. The Balaban J connectivity index is 1.58. The zero-order chi connectivity index (χ0) is 30.7. The number of halogens is 1. The second kappa shape index (κ2) is 13.0. The molecule has 2 bridgehead atoms. The molecule has 0 aromatic heterocycles. The molecule has 1 N–H and O–H groups in total. The van der Waals surface area contributed by atoms with Crippen LogP contribution < -0.4 is 4.90 Å². The Morgan fingerprint density at radius 2 is 1.98 bits per heavy atom. The normalized spacial score (nSPS) is 26.2. The predicted molar refractivity (Wildman–Crippen MR) is 165 cm³/mol. The minimum absolute atomic E-state index is 0.142. The van der Waals surface area contributed by atoms with Gasteiger partial charge in [0.15, 0.2) is 0 Å². The summed E-state index contributed by atoms with van der Waals surface area (Å²) >= 11 is 6.65. The molecule has 6 atom stereocenters. The number of likely N-dealkylation sites (tertiary alicyclic amines) is 1. The molecule has 2 aromatic carbocycles. The quantitative estimate of drug-likeness (QED) is 0.203. The summed E-state index contributed by atoms with van der Waals surface area (Å²) in [5.74, 6) is -3.00. The molecule has 3 fully saturated rings. The summed E-state index contributed by atoms with van der Waals surface area (Å²) in [6, 6.07) is 13.1. The number of benzene rings is 2. The van der Waals surface area contributed by atoms with E-state index < -0.39 is 41.6 Å². The second-order valence-electron chi connectivity index (χ2n) is 11.6. The fourth-order valence-electron chi connectivity index (χ4n) is 7.20. The number of aryl methyl sites for hydroxylation is 1. The van der Waals surface area contributed by atoms with Gasteiger partial charge in [-0.15, -0.1) is 13.2 Å². The molecular formula is C34H39ClN2O6. The van der Waals surface area contributed by atoms with Gasteiger partial charge in [-0.3, -0.25) is 14.4 Å². The van der Waals surface area contributed by atoms with Gasteiger partial charge >= 0.3 is 5.97 Å². The maximum Gasteiger partial charge on any atom is 0.312 e. The van der Waals surface area contributed by atoms with Crippen LogP contribution in [0.5, 0.6) is 0 Å². The van der Waals surface area contributed by atoms with Crippen LogP contribution in [0.1, 0.15) is 36.8 Å². The lowest BCUT2D eigenvalue weighted by Gasteiger charge is -2.39. The molecule has 2 unspecified atom stereocenters. The van der Waals surface area contributed by atoms with E-state index in [1.54, 1.807) is 23.1 Å². The molecule has 228 valence electrons. The number of nitrogens with zero attached hydrogens (tertiary/aromatic N) is 2. The van der Waals surface area contributed by atoms with Gasteiger partial charge in [-0.2, -0.15) is 0 Å². The van der Waals surface area contributed by atoms with Gasteiger partial charge in [-0.05, 0) is 56.2 Å². The summed E-state index contributed by atoms with van der Waals surface area (Å²) in [5, 5.41) is 11.1. The van der Waals surface area contributed by atoms with Crippen LogP contribution in [0.3, 0.4) is 0 Å². The van der Waals surface area contributed by atoms with Crippen molar-refractivity contribution in [1.82, 2.24) is 4.90 Å². The molecule has 2 amide bonds. The number of fused-ring (bicyclic) bond motifs is 1. The molecule has 0 aliphatic carbocycles. The maximum absolute atomic E-state index is 14.9. The average Bonchev–Trinajstić information content (AvgIpc) is 3.65. The third kappa shape index (κ3) is 5.52. The summed E-state index contributed by atoms with van der Waals surface area (Å²) in [4.78, 5) is 45.9. The first kappa shape index (κ1) is 31.0. The number of anilines is 1. The summed E-state index contributed by atoms with van der Waals surface area (Å²) in [6.45, 7) is 9.42. The van der Waals surface area contributed by atoms with Crippen LogP contribution >= 0.6 is 11.6 Å². The van der Waals surface area contributed by atoms with Crippen molar-refractivity contribution >= 4 is 35.1 Å². The van der Waals surface area contributed by atoms with Crippen molar-refractivity contribution < 1.29 is 29.0 Å². The van der Waals surface area contributed by atoms with Gasteiger partial charge in [0, 0.05) is 6.54 Å². The number of hydrogen-bond donors (Lipinski definition) is 1. The van der Waals surface area contributed by atoms with E-state index >= 15 is 0 Å². The van der Waals surface area contributed by atoms with Crippen molar-refractivity contribution in [2.24, 2.45) is 11.8 Å². The predicted octanol–water partition coefficient (Wildman–Crippen LogP) is 4.66. The number of hydrogen-bond acceptors (Lipinski definition) is 6. The van der Waals surface area contributed by atoms with Gasteiger partial charge in [0.1, 0.15) is 11.6 Å². The molecule has 0 saturated carbocycles. The number of para-hydroxylation sites is 1. The number of allylic oxidation sites excluding steroid dienone is 1. The highest BCUT2D eigenvalue weighted by Crippen LogP contribution is 2.59. The van der Waals surface area contributed by atoms with Crippen LogP contribution in [0.4, 0.5) is 5.69 Å². The Morgan fingerprint density at radius 3 is 2.65 bits per heavy atom. The monoisotopic (exact) mass is 606 g/mol. The number of rotatable bonds is 13. The van der Waals surface area contributed by atoms with Crippen LogP contribution in [0, 0.1) is 18.8 Å². The maximum atomic E-state index is 14.9. The molecule has 1 spiro atoms. The highest BCUT2D eigenvalue weighted by atomic mass is 35.5. The average molecular weight is 607 g/mol. The fourth-order valence-corrected chi connectivity index (χ4v) is 7.52. The highest BCUT2D eigenvalue weighted by molar-refractivity contribution is 6.34. The van der Waals surface area contributed by atoms with Crippen molar-refractivity contribution in [3.63, 3.8) is 0 Å². The first-order valence-corrected chi connectivity index (χ1v) is 15.3. The zero-order valence-corrected chi connectivity index (χ0v) is 25.2. The van der Waals surface area contributed by atoms with E-state index in [2.05, 4.69) is 13.2 Å². The first-order valence-electron chi connectivity index (χ1n) is 14.9. The van der Waals surface area contributed by atoms with Crippen LogP contribution in [-0.4, -0.2) is 71.3 Å². The number of carbonyl (C=O) groups is 3. The molecule has 9 heteroatoms. The fraction of sp³-hybridized carbons (Fsp3) is 0.441. The lowest BCUT2D eigenvalue weighted by atomic mass is 9.70. The van der Waals surface area contributed by atoms with Gasteiger partial charge in [0.05, 0.1) is 47.9 Å². The summed E-state index contributed by atoms with van der Waals surface area (Å²) in [7, 11) is 0. The minimum Gasteiger partial charge on any atom is -0.465 e. The molecule has 0 radical (unpaired) electrons. The number of amides is 2. The van der Waals surface area contributed by atoms with Crippen LogP contribution in [0.15, 0.2) is 73.8 Å². The van der Waals surface area contributed by atoms with Gasteiger partial charge in [0.25, 0.3) is 5.91 Å². The molecule has 43 heavy (non-hydrogen) atoms. The van der Waals surface area contributed by atoms with Crippen molar-refractivity contribution in [3.8, 4) is 0 Å². The number of unbranched alkanes of at least 4 members (excludes halogenated alkanes) is 1. The Morgan fingerprint density at radius 1 is 1.21 bits per heavy atom. The number of ether oxygens (including phenoxy) is 2. The van der Waals surface area contributed by atoms with Crippen molar-refractivity contribution in [2.45, 2.75) is 62.8 Å². The van der Waals surface area contributed by atoms with E-state index in [1.165, 1.54) is 4.90 Å². The van der Waals surface area contributed by atoms with Crippen LogP contribution in [0.25, 0.3) is 0 Å². The topological polar surface area (TPSA) is 96.4 Å². The van der Waals surface area contributed by atoms with E-state index in [4.69, 9.17) is 21.1 Å². The van der Waals surface area contributed by atoms with E-state index in [-0.39, 0.29) is 31.6 Å². The van der Waals surface area contributed by atoms with Gasteiger partial charge in [-0.1, -0.05) is 66.2 Å². The molecule has 3 aliphatic rings. The number of aliphatic hydroxyl groups is 1. The standard InChI is InChI=1S/C34H39ClN2O6/c1-4-6-10-19-42-33(41)27-26-16-17-34(43-26)28(27)31(39)37(24(21-38)20-23-13-8-7-9-14-23)30(34)32(40)36(18-5-2)29-22(3)12-11-15-25(29)35/h4-5,7-9,11-15,24,26-28,30,38H,1-2,6,10,16-21H2,3H3/t24-,26+,27-,28+,30?,34?/m1/s1. The second-order valence-corrected chi connectivity index (χ2v) is 12.0. The Bertz CT molecular complexity index is 1360. The lowest BCUT2D eigenvalue weighted by molar-refractivity contribution is -0.155. The Hall–Kier alpha value is -3.46. The lowest BCUT2D eigenvalue weighted by Crippen LogP contribution is -2.59. The Labute approximate surface area is 257 Å². The number of aliphatic hydroxyl groups excluding tert-OH is 1. The zero-order valence-electron chi connectivity index (χ0n) is 24.5. The SMILES string of the molecule is C=CCCCOC(=O)[C@@H]1[C@@H]2CCC3(O2)C(C(=O)N(CC=C)c2c(C)cccc2Cl)N([C@@H](CO)Cc2ccccc2)C(=O)[C@H]13. The first-order chi connectivity index (χ1) is 20.8. The smallest absolute Gasteiger partial charge is 0.312 e. The highest BCUT2D eigenvalue weighted by Gasteiger charge is 2.75. The van der Waals surface area contributed by atoms with Gasteiger partial charge in [0.2, 0.25) is 5.91 Å². The Kier molecular flexibility index (Phi) is 9.39. The van der Waals surface area contributed by atoms with Crippen molar-refractivity contribution in [3.05, 3.63) is 90.0 Å². The molecule has 3 heterocycles. The molecule has 2 aromatic rings. The van der Waals surface area contributed by atoms with Crippen molar-refractivity contribution in [1.29, 1.82) is 0 Å². The number of esters is 1. The van der Waals surface area contributed by atoms with Crippen LogP contribution in [-0.2, 0) is 30.3 Å². The molecule has 8 nitrogen and oxygen atoms in total. The van der Waals surface area contributed by atoms with E-state index in [1.807, 2.05) is 49.4 Å². The van der Waals surface area contributed by atoms with Crippen LogP contribution in [0.2, 0.25) is 5.02 Å². The summed E-state index contributed by atoms with van der Waals surface area (Å²) in [5.41, 5.74) is 0.967. The largest absolute Gasteiger partial charge is 0.465 e. The van der Waals surface area contributed by atoms with E-state index in [0.717, 1.165) is 11.1 Å². The summed E-state index contributed by atoms with van der Waals surface area (Å²) < 4.78 is 12.2. The third-order valence-corrected chi connectivity index (χ3v) is 9.30. The summed E-state index contributed by atoms with van der Waals surface area (Å²) in [6.07, 6.45) is 5.43. The van der Waals surface area contributed by atoms with Gasteiger partial charge in [-0.25, -0.2) is 0 Å². The third-order valence-electron chi connectivity index (χ3n) is 9.00. The van der Waals surface area contributed by atoms with Gasteiger partial charge < -0.3 is 24.4 Å². The molecular weight excluding hydrogens is 568 g/mol. The number of carbonyl (C=O) groups excluding carboxylic acids is 3. The van der Waals surface area contributed by atoms with Crippen molar-refractivity contribution in [2.75, 3.05) is 24.7 Å². The minimum atomic E-state index is -1.25. The van der Waals surface area contributed by atoms with E-state index in [0.29, 0.717) is 42.8 Å².